The van der Waals surface area contributed by atoms with Gasteiger partial charge < -0.3 is 4.74 Å². The van der Waals surface area contributed by atoms with Crippen LogP contribution in [-0.4, -0.2) is 31.0 Å². The molecule has 1 aliphatic rings. The lowest BCUT2D eigenvalue weighted by Gasteiger charge is -2.25. The van der Waals surface area contributed by atoms with E-state index >= 15 is 0 Å². The van der Waals surface area contributed by atoms with Crippen molar-refractivity contribution in [3.63, 3.8) is 0 Å². The van der Waals surface area contributed by atoms with Gasteiger partial charge in [-0.3, -0.25) is 9.59 Å². The second-order valence-corrected chi connectivity index (χ2v) is 5.54. The third-order valence-corrected chi connectivity index (χ3v) is 3.95. The molecule has 0 aromatic heterocycles. The van der Waals surface area contributed by atoms with Crippen molar-refractivity contribution in [2.75, 3.05) is 7.11 Å². The molecule has 1 aliphatic carbocycles. The lowest BCUT2D eigenvalue weighted by atomic mass is 9.79. The van der Waals surface area contributed by atoms with Crippen molar-refractivity contribution in [2.24, 2.45) is 5.92 Å². The first-order valence-electron chi connectivity index (χ1n) is 7.36. The smallest absolute Gasteiger partial charge is 0.365 e. The lowest BCUT2D eigenvalue weighted by Crippen LogP contribution is -2.44. The van der Waals surface area contributed by atoms with E-state index in [1.807, 2.05) is 0 Å². The van der Waals surface area contributed by atoms with Crippen molar-refractivity contribution in [3.05, 3.63) is 35.4 Å². The highest BCUT2D eigenvalue weighted by Gasteiger charge is 2.53. The van der Waals surface area contributed by atoms with Crippen LogP contribution in [0.15, 0.2) is 29.8 Å². The topological polar surface area (TPSA) is 43.4 Å². The minimum absolute atomic E-state index is 0.139. The molecule has 1 unspecified atom stereocenters. The average Bonchev–Trinajstić information content (AvgIpc) is 2.56. The van der Waals surface area contributed by atoms with Gasteiger partial charge in [0, 0.05) is 0 Å². The van der Waals surface area contributed by atoms with Crippen LogP contribution in [0.2, 0.25) is 0 Å². The van der Waals surface area contributed by atoms with Crippen molar-refractivity contribution < 1.29 is 31.9 Å². The number of halogens is 4. The first kappa shape index (κ1) is 18.2. The van der Waals surface area contributed by atoms with Gasteiger partial charge in [-0.2, -0.15) is 8.78 Å². The standard InChI is InChI=1S/C17H16F4O3/c1-24-12-7-5-10(6-8-12)9-11-3-2-4-13(14(11)22)15(23)17(20,21)16(18)19/h5-9,13,16H,2-4H2,1H3/b11-9+. The van der Waals surface area contributed by atoms with E-state index in [1.54, 1.807) is 24.3 Å². The highest BCUT2D eigenvalue weighted by molar-refractivity contribution is 6.14. The summed E-state index contributed by atoms with van der Waals surface area (Å²) in [5.41, 5.74) is 0.822. The number of allylic oxidation sites excluding steroid dienone is 1. The minimum atomic E-state index is -4.80. The van der Waals surface area contributed by atoms with Gasteiger partial charge in [-0.1, -0.05) is 12.1 Å². The van der Waals surface area contributed by atoms with Crippen LogP contribution >= 0.6 is 0 Å². The summed E-state index contributed by atoms with van der Waals surface area (Å²) in [6, 6.07) is 6.65. The summed E-state index contributed by atoms with van der Waals surface area (Å²) >= 11 is 0. The number of ketones is 2. The molecule has 0 radical (unpaired) electrons. The number of carbonyl (C=O) groups is 2. The maximum atomic E-state index is 13.3. The van der Waals surface area contributed by atoms with Gasteiger partial charge in [-0.15, -0.1) is 0 Å². The second-order valence-electron chi connectivity index (χ2n) is 5.54. The molecular formula is C17H16F4O3. The molecule has 0 saturated heterocycles. The highest BCUT2D eigenvalue weighted by Crippen LogP contribution is 2.34. The van der Waals surface area contributed by atoms with E-state index in [0.29, 0.717) is 24.2 Å². The van der Waals surface area contributed by atoms with Gasteiger partial charge >= 0.3 is 12.3 Å². The van der Waals surface area contributed by atoms with Crippen LogP contribution in [0.1, 0.15) is 24.8 Å². The Kier molecular flexibility index (Phi) is 5.41. The van der Waals surface area contributed by atoms with E-state index < -0.39 is 29.8 Å². The molecule has 0 N–H and O–H groups in total. The largest absolute Gasteiger partial charge is 0.497 e. The molecule has 1 aromatic carbocycles. The van der Waals surface area contributed by atoms with Gasteiger partial charge in [0.1, 0.15) is 5.75 Å². The van der Waals surface area contributed by atoms with Crippen LogP contribution in [-0.2, 0) is 9.59 Å². The van der Waals surface area contributed by atoms with Crippen LogP contribution in [0.25, 0.3) is 6.08 Å². The normalized spacial score (nSPS) is 20.5. The molecule has 7 heteroatoms. The molecule has 0 bridgehead atoms. The summed E-state index contributed by atoms with van der Waals surface area (Å²) in [4.78, 5) is 23.9. The van der Waals surface area contributed by atoms with Crippen LogP contribution in [0.4, 0.5) is 17.6 Å². The Balaban J connectivity index is 2.23. The maximum Gasteiger partial charge on any atom is 0.365 e. The van der Waals surface area contributed by atoms with Crippen molar-refractivity contribution in [1.82, 2.24) is 0 Å². The quantitative estimate of drug-likeness (QED) is 0.462. The number of Topliss-reactive ketones (excluding diaryl/α,β-unsaturated/α-hetero) is 2. The zero-order chi connectivity index (χ0) is 17.9. The molecule has 0 heterocycles. The number of benzene rings is 1. The molecule has 1 atom stereocenters. The lowest BCUT2D eigenvalue weighted by molar-refractivity contribution is -0.172. The Morgan fingerprint density at radius 3 is 2.46 bits per heavy atom. The fourth-order valence-corrected chi connectivity index (χ4v) is 2.61. The second kappa shape index (κ2) is 7.15. The summed E-state index contributed by atoms with van der Waals surface area (Å²) < 4.78 is 56.2. The summed E-state index contributed by atoms with van der Waals surface area (Å²) in [5, 5.41) is 0. The van der Waals surface area contributed by atoms with Gasteiger partial charge in [-0.25, -0.2) is 8.78 Å². The number of rotatable bonds is 5. The predicted molar refractivity (Wildman–Crippen MR) is 79.3 cm³/mol. The Bertz CT molecular complexity index is 650. The summed E-state index contributed by atoms with van der Waals surface area (Å²) in [5.74, 6) is -8.71. The van der Waals surface area contributed by atoms with Gasteiger partial charge in [-0.05, 0) is 48.6 Å². The monoisotopic (exact) mass is 344 g/mol. The van der Waals surface area contributed by atoms with E-state index in [2.05, 4.69) is 0 Å². The first-order chi connectivity index (χ1) is 11.3. The summed E-state index contributed by atoms with van der Waals surface area (Å²) in [6.07, 6.45) is -2.14. The number of hydrogen-bond donors (Lipinski definition) is 0. The molecule has 0 aliphatic heterocycles. The molecule has 1 aromatic rings. The van der Waals surface area contributed by atoms with Crippen molar-refractivity contribution in [3.8, 4) is 5.75 Å². The number of carbonyl (C=O) groups excluding carboxylic acids is 2. The van der Waals surface area contributed by atoms with E-state index in [0.717, 1.165) is 0 Å². The Morgan fingerprint density at radius 2 is 1.92 bits per heavy atom. The van der Waals surface area contributed by atoms with Gasteiger partial charge in [0.15, 0.2) is 5.78 Å². The number of methoxy groups -OCH3 is 1. The van der Waals surface area contributed by atoms with Crippen LogP contribution < -0.4 is 4.74 Å². The van der Waals surface area contributed by atoms with Crippen molar-refractivity contribution >= 4 is 17.6 Å². The molecule has 24 heavy (non-hydrogen) atoms. The van der Waals surface area contributed by atoms with Crippen LogP contribution in [0.5, 0.6) is 5.75 Å². The van der Waals surface area contributed by atoms with Crippen LogP contribution in [0, 0.1) is 5.92 Å². The zero-order valence-corrected chi connectivity index (χ0v) is 12.9. The third-order valence-electron chi connectivity index (χ3n) is 3.95. The van der Waals surface area contributed by atoms with Crippen LogP contribution in [0.3, 0.4) is 0 Å². The maximum absolute atomic E-state index is 13.3. The minimum Gasteiger partial charge on any atom is -0.497 e. The fourth-order valence-electron chi connectivity index (χ4n) is 2.61. The number of hydrogen-bond acceptors (Lipinski definition) is 3. The SMILES string of the molecule is COc1ccc(/C=C2\CCCC(C(=O)C(F)(F)C(F)F)C2=O)cc1. The van der Waals surface area contributed by atoms with Crippen molar-refractivity contribution in [1.29, 1.82) is 0 Å². The summed E-state index contributed by atoms with van der Waals surface area (Å²) in [6.45, 7) is 0. The molecule has 0 spiro atoms. The Labute approximate surface area is 136 Å². The molecule has 1 saturated carbocycles. The molecule has 1 fully saturated rings. The predicted octanol–water partition coefficient (Wildman–Crippen LogP) is 3.92. The molecule has 3 nitrogen and oxygen atoms in total. The van der Waals surface area contributed by atoms with E-state index in [-0.39, 0.29) is 12.0 Å². The van der Waals surface area contributed by atoms with E-state index in [4.69, 9.17) is 4.74 Å². The Morgan fingerprint density at radius 1 is 1.29 bits per heavy atom. The zero-order valence-electron chi connectivity index (χ0n) is 12.9. The molecule has 0 amide bonds. The van der Waals surface area contributed by atoms with Crippen molar-refractivity contribution in [2.45, 2.75) is 31.6 Å². The van der Waals surface area contributed by atoms with E-state index in [1.165, 1.54) is 13.2 Å². The summed E-state index contributed by atoms with van der Waals surface area (Å²) in [7, 11) is 1.50. The van der Waals surface area contributed by atoms with Gasteiger partial charge in [0.25, 0.3) is 0 Å². The average molecular weight is 344 g/mol. The number of alkyl halides is 4. The van der Waals surface area contributed by atoms with Gasteiger partial charge in [0.2, 0.25) is 5.78 Å². The first-order valence-corrected chi connectivity index (χ1v) is 7.36. The highest BCUT2D eigenvalue weighted by atomic mass is 19.3. The van der Waals surface area contributed by atoms with Gasteiger partial charge in [0.05, 0.1) is 13.0 Å². The third kappa shape index (κ3) is 3.66. The number of ether oxygens (including phenoxy) is 1. The molecular weight excluding hydrogens is 328 g/mol. The van der Waals surface area contributed by atoms with E-state index in [9.17, 15) is 27.2 Å². The fraction of sp³-hybridized carbons (Fsp3) is 0.412. The Hall–Kier alpha value is -2.18. The molecule has 130 valence electrons. The molecule has 2 rings (SSSR count).